The molecule has 0 unspecified atom stereocenters. The molecule has 0 saturated heterocycles. The lowest BCUT2D eigenvalue weighted by Crippen LogP contribution is -2.37. The molecule has 22 heavy (non-hydrogen) atoms. The molecule has 0 aliphatic heterocycles. The van der Waals surface area contributed by atoms with Crippen molar-refractivity contribution in [3.8, 4) is 0 Å². The van der Waals surface area contributed by atoms with E-state index in [1.165, 1.54) is 23.1 Å². The molecule has 2 aromatic carbocycles. The summed E-state index contributed by atoms with van der Waals surface area (Å²) in [6, 6.07) is 14.7. The summed E-state index contributed by atoms with van der Waals surface area (Å²) >= 11 is 0. The van der Waals surface area contributed by atoms with Crippen molar-refractivity contribution in [3.63, 3.8) is 0 Å². The fourth-order valence-electron chi connectivity index (χ4n) is 3.09. The summed E-state index contributed by atoms with van der Waals surface area (Å²) in [5, 5.41) is 0. The molecule has 1 aliphatic rings. The van der Waals surface area contributed by atoms with Crippen molar-refractivity contribution in [1.29, 1.82) is 0 Å². The summed E-state index contributed by atoms with van der Waals surface area (Å²) in [5.41, 5.74) is 12.4. The van der Waals surface area contributed by atoms with Gasteiger partial charge in [-0.25, -0.2) is 4.99 Å². The smallest absolute Gasteiger partial charge is 0.201 e. The Morgan fingerprint density at radius 1 is 1.14 bits per heavy atom. The van der Waals surface area contributed by atoms with E-state index in [1.54, 1.807) is 0 Å². The van der Waals surface area contributed by atoms with E-state index >= 15 is 0 Å². The first kappa shape index (κ1) is 14.6. The van der Waals surface area contributed by atoms with E-state index in [2.05, 4.69) is 56.3 Å². The Kier molecular flexibility index (Phi) is 4.14. The van der Waals surface area contributed by atoms with Gasteiger partial charge in [0.2, 0.25) is 5.96 Å². The van der Waals surface area contributed by atoms with E-state index in [0.717, 1.165) is 30.8 Å². The fraction of sp³-hybridized carbons (Fsp3) is 0.316. The van der Waals surface area contributed by atoms with Crippen LogP contribution < -0.4 is 10.6 Å². The van der Waals surface area contributed by atoms with Crippen LogP contribution in [0.5, 0.6) is 0 Å². The van der Waals surface area contributed by atoms with Gasteiger partial charge in [-0.3, -0.25) is 0 Å². The largest absolute Gasteiger partial charge is 0.369 e. The maximum atomic E-state index is 6.30. The molecule has 0 radical (unpaired) electrons. The number of aliphatic imine (C=N–C) groups is 1. The molecular formula is C19H23N3. The first-order valence-corrected chi connectivity index (χ1v) is 7.98. The van der Waals surface area contributed by atoms with Crippen LogP contribution >= 0.6 is 0 Å². The van der Waals surface area contributed by atoms with Crippen molar-refractivity contribution in [2.75, 3.05) is 11.4 Å². The van der Waals surface area contributed by atoms with E-state index in [4.69, 9.17) is 10.7 Å². The van der Waals surface area contributed by atoms with Gasteiger partial charge in [0.1, 0.15) is 0 Å². The highest BCUT2D eigenvalue weighted by Crippen LogP contribution is 2.31. The molecule has 0 aromatic heterocycles. The molecule has 0 atom stereocenters. The predicted molar refractivity (Wildman–Crippen MR) is 93.9 cm³/mol. The Balaban J connectivity index is 1.93. The Morgan fingerprint density at radius 2 is 1.91 bits per heavy atom. The molecule has 1 aliphatic carbocycles. The normalized spacial score (nSPS) is 14.0. The molecule has 114 valence electrons. The van der Waals surface area contributed by atoms with Gasteiger partial charge in [-0.15, -0.1) is 0 Å². The van der Waals surface area contributed by atoms with Crippen LogP contribution in [-0.2, 0) is 12.8 Å². The lowest BCUT2D eigenvalue weighted by atomic mass is 10.1. The molecule has 0 bridgehead atoms. The Labute approximate surface area is 132 Å². The maximum Gasteiger partial charge on any atom is 0.201 e. The Morgan fingerprint density at radius 3 is 2.64 bits per heavy atom. The van der Waals surface area contributed by atoms with Gasteiger partial charge in [0, 0.05) is 12.2 Å². The predicted octanol–water partition coefficient (Wildman–Crippen LogP) is 3.96. The summed E-state index contributed by atoms with van der Waals surface area (Å²) in [7, 11) is 0. The number of guanidine groups is 1. The Bertz CT molecular complexity index is 686. The van der Waals surface area contributed by atoms with Crippen LogP contribution in [-0.4, -0.2) is 12.5 Å². The van der Waals surface area contributed by atoms with Gasteiger partial charge in [0.15, 0.2) is 0 Å². The number of hydrogen-bond acceptors (Lipinski definition) is 1. The number of aryl methyl sites for hydroxylation is 2. The van der Waals surface area contributed by atoms with E-state index < -0.39 is 0 Å². The summed E-state index contributed by atoms with van der Waals surface area (Å²) in [4.78, 5) is 6.77. The molecule has 2 aromatic rings. The third-order valence-corrected chi connectivity index (χ3v) is 4.29. The average Bonchev–Trinajstić information content (AvgIpc) is 2.99. The van der Waals surface area contributed by atoms with E-state index in [9.17, 15) is 0 Å². The number of hydrogen-bond donors (Lipinski definition) is 1. The van der Waals surface area contributed by atoms with Crippen molar-refractivity contribution in [2.24, 2.45) is 10.7 Å². The van der Waals surface area contributed by atoms with Crippen molar-refractivity contribution >= 4 is 17.3 Å². The summed E-state index contributed by atoms with van der Waals surface area (Å²) < 4.78 is 0. The highest BCUT2D eigenvalue weighted by molar-refractivity contribution is 5.96. The van der Waals surface area contributed by atoms with Gasteiger partial charge >= 0.3 is 0 Å². The van der Waals surface area contributed by atoms with E-state index in [-0.39, 0.29) is 0 Å². The third-order valence-electron chi connectivity index (χ3n) is 4.29. The molecule has 3 heteroatoms. The minimum atomic E-state index is 0.562. The minimum Gasteiger partial charge on any atom is -0.369 e. The number of fused-ring (bicyclic) bond motifs is 1. The second kappa shape index (κ2) is 6.22. The van der Waals surface area contributed by atoms with Crippen LogP contribution in [0.3, 0.4) is 0 Å². The number of benzene rings is 2. The quantitative estimate of drug-likeness (QED) is 0.687. The van der Waals surface area contributed by atoms with Crippen LogP contribution in [0.2, 0.25) is 0 Å². The van der Waals surface area contributed by atoms with Gasteiger partial charge in [-0.2, -0.15) is 0 Å². The topological polar surface area (TPSA) is 41.6 Å². The molecular weight excluding hydrogens is 270 g/mol. The second-order valence-corrected chi connectivity index (χ2v) is 5.82. The molecule has 3 rings (SSSR count). The van der Waals surface area contributed by atoms with Crippen LogP contribution in [0.15, 0.2) is 47.5 Å². The monoisotopic (exact) mass is 293 g/mol. The molecule has 3 nitrogen and oxygen atoms in total. The molecule has 0 heterocycles. The van der Waals surface area contributed by atoms with Gasteiger partial charge in [-0.05, 0) is 62.4 Å². The summed E-state index contributed by atoms with van der Waals surface area (Å²) in [6.07, 6.45) is 3.49. The molecule has 0 amide bonds. The van der Waals surface area contributed by atoms with Crippen LogP contribution in [0, 0.1) is 6.92 Å². The van der Waals surface area contributed by atoms with Crippen LogP contribution in [0.1, 0.15) is 30.0 Å². The lowest BCUT2D eigenvalue weighted by molar-refractivity contribution is 0.911. The van der Waals surface area contributed by atoms with Crippen LogP contribution in [0.25, 0.3) is 0 Å². The van der Waals surface area contributed by atoms with Crippen LogP contribution in [0.4, 0.5) is 11.4 Å². The molecule has 0 spiro atoms. The molecule has 0 saturated carbocycles. The number of rotatable bonds is 3. The second-order valence-electron chi connectivity index (χ2n) is 5.82. The molecule has 0 fully saturated rings. The summed E-state index contributed by atoms with van der Waals surface area (Å²) in [5.74, 6) is 0.562. The average molecular weight is 293 g/mol. The minimum absolute atomic E-state index is 0.562. The highest BCUT2D eigenvalue weighted by Gasteiger charge is 2.15. The Hall–Kier alpha value is -2.29. The number of nitrogens with two attached hydrogens (primary N) is 1. The molecule has 2 N–H and O–H groups in total. The first-order valence-electron chi connectivity index (χ1n) is 7.98. The highest BCUT2D eigenvalue weighted by atomic mass is 15.3. The third kappa shape index (κ3) is 2.84. The first-order chi connectivity index (χ1) is 10.7. The zero-order chi connectivity index (χ0) is 15.5. The van der Waals surface area contributed by atoms with Gasteiger partial charge < -0.3 is 10.6 Å². The number of nitrogens with zero attached hydrogens (tertiary/aromatic N) is 2. The van der Waals surface area contributed by atoms with Gasteiger partial charge in [0.25, 0.3) is 0 Å². The van der Waals surface area contributed by atoms with E-state index in [0.29, 0.717) is 5.96 Å². The zero-order valence-electron chi connectivity index (χ0n) is 13.3. The lowest BCUT2D eigenvalue weighted by Gasteiger charge is -2.22. The number of anilines is 1. The van der Waals surface area contributed by atoms with Gasteiger partial charge in [0.05, 0.1) is 5.69 Å². The summed E-state index contributed by atoms with van der Waals surface area (Å²) in [6.45, 7) is 4.98. The SMILES string of the molecule is CCN(C(N)=Nc1cccc2c1CCC2)c1ccc(C)cc1. The van der Waals surface area contributed by atoms with Crippen molar-refractivity contribution in [2.45, 2.75) is 33.1 Å². The van der Waals surface area contributed by atoms with E-state index in [1.807, 2.05) is 4.90 Å². The van der Waals surface area contributed by atoms with Crippen molar-refractivity contribution < 1.29 is 0 Å². The maximum absolute atomic E-state index is 6.30. The fourth-order valence-corrected chi connectivity index (χ4v) is 3.09. The van der Waals surface area contributed by atoms with Crippen molar-refractivity contribution in [3.05, 3.63) is 59.2 Å². The van der Waals surface area contributed by atoms with Gasteiger partial charge in [-0.1, -0.05) is 29.8 Å². The zero-order valence-corrected chi connectivity index (χ0v) is 13.3. The van der Waals surface area contributed by atoms with Crippen molar-refractivity contribution in [1.82, 2.24) is 0 Å². The standard InChI is InChI=1S/C19H23N3/c1-3-22(16-12-10-14(2)11-13-16)19(20)21-18-9-5-7-15-6-4-8-17(15)18/h5,7,9-13H,3-4,6,8H2,1-2H3,(H2,20,21).